The van der Waals surface area contributed by atoms with E-state index in [2.05, 4.69) is 45.1 Å². The van der Waals surface area contributed by atoms with Crippen molar-refractivity contribution >= 4 is 44.4 Å². The maximum atomic E-state index is 10.6. The van der Waals surface area contributed by atoms with Crippen molar-refractivity contribution in [3.63, 3.8) is 0 Å². The van der Waals surface area contributed by atoms with Crippen molar-refractivity contribution in [1.29, 1.82) is 0 Å². The SMILES string of the molecule is Cc1n[nH]cc1-c1ccc2nc(Nc3cc(Cc4ccccc4)nc(N[C@H]4CC[C@H](O)CC4)n3)sc2c1.O=C(O)C(F)(F)F. The van der Waals surface area contributed by atoms with Crippen LogP contribution in [-0.2, 0) is 11.2 Å². The maximum absolute atomic E-state index is 10.6. The summed E-state index contributed by atoms with van der Waals surface area (Å²) in [6, 6.07) is 18.9. The monoisotopic (exact) mass is 625 g/mol. The molecule has 1 aliphatic rings. The first kappa shape index (κ1) is 30.9. The van der Waals surface area contributed by atoms with Crippen LogP contribution < -0.4 is 10.6 Å². The third-order valence-electron chi connectivity index (χ3n) is 7.05. The molecule has 0 radical (unpaired) electrons. The first-order chi connectivity index (χ1) is 21.0. The Morgan fingerprint density at radius 2 is 1.77 bits per heavy atom. The molecule has 10 nitrogen and oxygen atoms in total. The second kappa shape index (κ2) is 13.4. The second-order valence-corrected chi connectivity index (χ2v) is 11.4. The molecule has 6 rings (SSSR count). The van der Waals surface area contributed by atoms with E-state index in [1.807, 2.05) is 43.5 Å². The molecule has 0 spiro atoms. The van der Waals surface area contributed by atoms with E-state index in [4.69, 9.17) is 24.9 Å². The van der Waals surface area contributed by atoms with Crippen LogP contribution in [0.4, 0.5) is 30.1 Å². The van der Waals surface area contributed by atoms with Gasteiger partial charge in [0.2, 0.25) is 5.95 Å². The van der Waals surface area contributed by atoms with Gasteiger partial charge in [0.05, 0.1) is 27.7 Å². The third kappa shape index (κ3) is 8.08. The topological polar surface area (TPSA) is 149 Å². The lowest BCUT2D eigenvalue weighted by Crippen LogP contribution is -2.29. The first-order valence-corrected chi connectivity index (χ1v) is 14.7. The molecule has 44 heavy (non-hydrogen) atoms. The summed E-state index contributed by atoms with van der Waals surface area (Å²) >= 11 is 1.60. The van der Waals surface area contributed by atoms with E-state index in [9.17, 15) is 18.3 Å². The quantitative estimate of drug-likeness (QED) is 0.137. The number of halogens is 3. The fourth-order valence-electron chi connectivity index (χ4n) is 4.83. The Balaban J connectivity index is 0.000000493. The van der Waals surface area contributed by atoms with E-state index < -0.39 is 12.1 Å². The number of nitrogens with zero attached hydrogens (tertiary/aromatic N) is 4. The minimum absolute atomic E-state index is 0.197. The normalized spacial score (nSPS) is 16.7. The largest absolute Gasteiger partial charge is 0.490 e. The molecule has 0 aliphatic heterocycles. The maximum Gasteiger partial charge on any atom is 0.490 e. The molecule has 2 aromatic carbocycles. The van der Waals surface area contributed by atoms with Gasteiger partial charge in [0.15, 0.2) is 5.13 Å². The molecular formula is C30H30F3N7O3S. The highest BCUT2D eigenvalue weighted by Crippen LogP contribution is 2.33. The van der Waals surface area contributed by atoms with Crippen molar-refractivity contribution < 1.29 is 28.2 Å². The number of carboxylic acid groups (broad SMARTS) is 1. The van der Waals surface area contributed by atoms with Gasteiger partial charge in [0.1, 0.15) is 5.82 Å². The summed E-state index contributed by atoms with van der Waals surface area (Å²) in [6.07, 6.45) is 0.782. The van der Waals surface area contributed by atoms with Crippen LogP contribution in [0.5, 0.6) is 0 Å². The van der Waals surface area contributed by atoms with Crippen molar-refractivity contribution in [2.45, 2.75) is 57.3 Å². The van der Waals surface area contributed by atoms with Crippen LogP contribution in [0.2, 0.25) is 0 Å². The number of rotatable bonds is 7. The minimum atomic E-state index is -5.08. The number of aliphatic carboxylic acids is 1. The summed E-state index contributed by atoms with van der Waals surface area (Å²) in [7, 11) is 0. The van der Waals surface area contributed by atoms with Gasteiger partial charge in [-0.2, -0.15) is 23.3 Å². The van der Waals surface area contributed by atoms with E-state index >= 15 is 0 Å². The summed E-state index contributed by atoms with van der Waals surface area (Å²) in [5, 5.41) is 31.9. The summed E-state index contributed by atoms with van der Waals surface area (Å²) in [5.74, 6) is -1.44. The van der Waals surface area contributed by atoms with Crippen LogP contribution in [0.3, 0.4) is 0 Å². The summed E-state index contributed by atoms with van der Waals surface area (Å²) < 4.78 is 32.8. The van der Waals surface area contributed by atoms with Gasteiger partial charge in [-0.15, -0.1) is 0 Å². The summed E-state index contributed by atoms with van der Waals surface area (Å²) in [6.45, 7) is 2.00. The van der Waals surface area contributed by atoms with Gasteiger partial charge in [-0.3, -0.25) is 5.10 Å². The van der Waals surface area contributed by atoms with E-state index in [-0.39, 0.29) is 12.1 Å². The van der Waals surface area contributed by atoms with Crippen molar-refractivity contribution in [2.75, 3.05) is 10.6 Å². The molecular weight excluding hydrogens is 595 g/mol. The highest BCUT2D eigenvalue weighted by molar-refractivity contribution is 7.22. The molecule has 5 N–H and O–H groups in total. The first-order valence-electron chi connectivity index (χ1n) is 13.9. The number of thiazole rings is 1. The number of aliphatic hydroxyl groups excluding tert-OH is 1. The number of hydrogen-bond donors (Lipinski definition) is 5. The third-order valence-corrected chi connectivity index (χ3v) is 7.98. The number of aromatic nitrogens is 5. The summed E-state index contributed by atoms with van der Waals surface area (Å²) in [5.41, 5.74) is 6.25. The van der Waals surface area contributed by atoms with Gasteiger partial charge < -0.3 is 20.8 Å². The number of nitrogens with one attached hydrogen (secondary N) is 3. The van der Waals surface area contributed by atoms with E-state index in [1.165, 1.54) is 5.56 Å². The van der Waals surface area contributed by atoms with Gasteiger partial charge in [-0.1, -0.05) is 47.7 Å². The molecule has 230 valence electrons. The van der Waals surface area contributed by atoms with Gasteiger partial charge in [-0.25, -0.2) is 14.8 Å². The molecule has 0 atom stereocenters. The van der Waals surface area contributed by atoms with Crippen molar-refractivity contribution in [3.05, 3.63) is 77.7 Å². The molecule has 0 unspecified atom stereocenters. The number of H-pyrrole nitrogens is 1. The second-order valence-electron chi connectivity index (χ2n) is 10.4. The van der Waals surface area contributed by atoms with Crippen molar-refractivity contribution in [3.8, 4) is 11.1 Å². The lowest BCUT2D eigenvalue weighted by molar-refractivity contribution is -0.192. The number of fused-ring (bicyclic) bond motifs is 1. The lowest BCUT2D eigenvalue weighted by atomic mass is 9.93. The van der Waals surface area contributed by atoms with Crippen LogP contribution >= 0.6 is 11.3 Å². The zero-order valence-electron chi connectivity index (χ0n) is 23.6. The Kier molecular flexibility index (Phi) is 9.40. The number of anilines is 3. The molecule has 1 aliphatic carbocycles. The zero-order chi connectivity index (χ0) is 31.3. The number of carboxylic acids is 1. The van der Waals surface area contributed by atoms with E-state index in [0.717, 1.165) is 63.5 Å². The molecule has 5 aromatic rings. The van der Waals surface area contributed by atoms with Crippen LogP contribution in [0.15, 0.2) is 60.8 Å². The summed E-state index contributed by atoms with van der Waals surface area (Å²) in [4.78, 5) is 23.3. The highest BCUT2D eigenvalue weighted by atomic mass is 32.1. The molecule has 0 saturated heterocycles. The Hall–Kier alpha value is -4.56. The van der Waals surface area contributed by atoms with Gasteiger partial charge in [0.25, 0.3) is 0 Å². The minimum Gasteiger partial charge on any atom is -0.475 e. The Bertz CT molecular complexity index is 1720. The van der Waals surface area contributed by atoms with E-state index in [0.29, 0.717) is 18.2 Å². The van der Waals surface area contributed by atoms with Crippen LogP contribution in [0, 0.1) is 6.92 Å². The molecule has 0 bridgehead atoms. The number of aryl methyl sites for hydroxylation is 1. The molecule has 14 heteroatoms. The number of aliphatic hydroxyl groups is 1. The fourth-order valence-corrected chi connectivity index (χ4v) is 5.74. The molecule has 3 aromatic heterocycles. The number of carbonyl (C=O) groups is 1. The van der Waals surface area contributed by atoms with E-state index in [1.54, 1.807) is 11.3 Å². The van der Waals surface area contributed by atoms with Crippen LogP contribution in [0.25, 0.3) is 21.3 Å². The highest BCUT2D eigenvalue weighted by Gasteiger charge is 2.38. The predicted molar refractivity (Wildman–Crippen MR) is 162 cm³/mol. The van der Waals surface area contributed by atoms with Gasteiger partial charge in [0, 0.05) is 30.3 Å². The molecule has 3 heterocycles. The molecule has 0 amide bonds. The smallest absolute Gasteiger partial charge is 0.475 e. The van der Waals surface area contributed by atoms with Crippen molar-refractivity contribution in [2.24, 2.45) is 0 Å². The Morgan fingerprint density at radius 1 is 1.05 bits per heavy atom. The van der Waals surface area contributed by atoms with Crippen LogP contribution in [0.1, 0.15) is 42.6 Å². The molecule has 1 saturated carbocycles. The number of aromatic amines is 1. The fraction of sp³-hybridized carbons (Fsp3) is 0.300. The number of hydrogen-bond acceptors (Lipinski definition) is 9. The Morgan fingerprint density at radius 3 is 2.43 bits per heavy atom. The number of alkyl halides is 3. The average Bonchev–Trinajstić information content (AvgIpc) is 3.59. The Labute approximate surface area is 254 Å². The van der Waals surface area contributed by atoms with Gasteiger partial charge >= 0.3 is 12.1 Å². The zero-order valence-corrected chi connectivity index (χ0v) is 24.4. The van der Waals surface area contributed by atoms with Crippen molar-refractivity contribution in [1.82, 2.24) is 25.1 Å². The lowest BCUT2D eigenvalue weighted by Gasteiger charge is -2.26. The van der Waals surface area contributed by atoms with Gasteiger partial charge in [-0.05, 0) is 55.9 Å². The molecule has 1 fully saturated rings. The van der Waals surface area contributed by atoms with Crippen LogP contribution in [-0.4, -0.2) is 59.7 Å². The predicted octanol–water partition coefficient (Wildman–Crippen LogP) is 6.47. The number of benzene rings is 2. The average molecular weight is 626 g/mol. The standard InChI is InChI=1S/C28H29N7OS.C2HF3O2/c1-17-23(16-29-35-17)19-7-12-24-25(14-19)37-28(32-24)34-26-15-21(13-18-5-3-2-4-6-18)31-27(33-26)30-20-8-10-22(36)11-9-20;3-2(4,5)1(6)7/h2-7,12,14-16,20,22,36H,8-11,13H2,1H3,(H,29,35)(H2,30,31,32,33,34);(H,6,7)/t20-,22-;.